The Bertz CT molecular complexity index is 336. The average molecular weight is 170 g/mol. The van der Waals surface area contributed by atoms with Crippen LogP contribution >= 0.6 is 23.1 Å². The fourth-order valence-corrected chi connectivity index (χ4v) is 2.49. The molecule has 0 aromatic carbocycles. The van der Waals surface area contributed by atoms with E-state index in [9.17, 15) is 0 Å². The summed E-state index contributed by atoms with van der Waals surface area (Å²) in [4.78, 5) is 5.24. The van der Waals surface area contributed by atoms with Crippen LogP contribution in [0.2, 0.25) is 0 Å². The lowest BCUT2D eigenvalue weighted by atomic mass is 10.9. The van der Waals surface area contributed by atoms with Crippen LogP contribution < -0.4 is 0 Å². The Labute approximate surface area is 66.9 Å². The molecule has 0 unspecified atom stereocenters. The minimum atomic E-state index is 1.21. The van der Waals surface area contributed by atoms with E-state index in [2.05, 4.69) is 21.0 Å². The van der Waals surface area contributed by atoms with Gasteiger partial charge >= 0.3 is 0 Å². The fourth-order valence-electron chi connectivity index (χ4n) is 0.850. The predicted molar refractivity (Wildman–Crippen MR) is 44.9 cm³/mol. The Morgan fingerprint density at radius 3 is 3.40 bits per heavy atom. The first-order valence-electron chi connectivity index (χ1n) is 2.85. The van der Waals surface area contributed by atoms with Crippen LogP contribution in [0.3, 0.4) is 0 Å². The summed E-state index contributed by atoms with van der Waals surface area (Å²) in [5.41, 5.74) is 0. The number of hydrogen-bond donors (Lipinski definition) is 0. The summed E-state index contributed by atoms with van der Waals surface area (Å²) in [6, 6.07) is 0. The summed E-state index contributed by atoms with van der Waals surface area (Å²) in [7, 11) is 0. The van der Waals surface area contributed by atoms with E-state index in [1.54, 1.807) is 23.1 Å². The number of hydrogen-bond acceptors (Lipinski definition) is 3. The van der Waals surface area contributed by atoms with Crippen LogP contribution in [-0.2, 0) is 0 Å². The van der Waals surface area contributed by atoms with Gasteiger partial charge in [-0.25, -0.2) is 4.98 Å². The lowest BCUT2D eigenvalue weighted by Crippen LogP contribution is -1.76. The van der Waals surface area contributed by atoms with Gasteiger partial charge < -0.3 is 0 Å². The van der Waals surface area contributed by atoms with Crippen molar-refractivity contribution in [3.63, 3.8) is 0 Å². The van der Waals surface area contributed by atoms with Crippen molar-refractivity contribution in [2.24, 2.45) is 0 Å². The smallest absolute Gasteiger partial charge is 0.120 e. The minimum absolute atomic E-state index is 1.21. The molecule has 0 fully saturated rings. The van der Waals surface area contributed by atoms with Crippen LogP contribution in [0.5, 0.6) is 0 Å². The topological polar surface area (TPSA) is 17.3 Å². The highest BCUT2D eigenvalue weighted by Crippen LogP contribution is 2.22. The SMILES string of the molecule is CSc1csc2cncn12. The van der Waals surface area contributed by atoms with Crippen molar-refractivity contribution in [2.45, 2.75) is 5.03 Å². The molecule has 0 N–H and O–H groups in total. The molecule has 0 saturated carbocycles. The third-order valence-corrected chi connectivity index (χ3v) is 3.10. The number of thiazole rings is 1. The van der Waals surface area contributed by atoms with Gasteiger partial charge in [0.15, 0.2) is 0 Å². The molecule has 0 amide bonds. The zero-order valence-corrected chi connectivity index (χ0v) is 7.08. The van der Waals surface area contributed by atoms with E-state index in [0.717, 1.165) is 0 Å². The molecule has 52 valence electrons. The summed E-state index contributed by atoms with van der Waals surface area (Å²) in [6.45, 7) is 0. The Balaban J connectivity index is 2.76. The molecule has 10 heavy (non-hydrogen) atoms. The first kappa shape index (κ1) is 6.24. The lowest BCUT2D eigenvalue weighted by Gasteiger charge is -1.88. The summed E-state index contributed by atoms with van der Waals surface area (Å²) >= 11 is 3.47. The zero-order valence-electron chi connectivity index (χ0n) is 5.44. The first-order chi connectivity index (χ1) is 4.92. The zero-order chi connectivity index (χ0) is 6.97. The number of rotatable bonds is 1. The van der Waals surface area contributed by atoms with Gasteiger partial charge in [-0.15, -0.1) is 23.1 Å². The van der Waals surface area contributed by atoms with E-state index < -0.39 is 0 Å². The lowest BCUT2D eigenvalue weighted by molar-refractivity contribution is 1.04. The molecule has 0 aliphatic rings. The van der Waals surface area contributed by atoms with E-state index in [4.69, 9.17) is 0 Å². The molecule has 2 nitrogen and oxygen atoms in total. The van der Waals surface area contributed by atoms with Crippen LogP contribution in [0.25, 0.3) is 4.83 Å². The summed E-state index contributed by atoms with van der Waals surface area (Å²) in [6.07, 6.45) is 5.80. The van der Waals surface area contributed by atoms with Gasteiger partial charge in [0.05, 0.1) is 11.2 Å². The molecule has 0 aliphatic carbocycles. The van der Waals surface area contributed by atoms with Crippen molar-refractivity contribution in [3.8, 4) is 0 Å². The van der Waals surface area contributed by atoms with Crippen LogP contribution in [0.15, 0.2) is 22.9 Å². The first-order valence-corrected chi connectivity index (χ1v) is 4.96. The quantitative estimate of drug-likeness (QED) is 0.610. The van der Waals surface area contributed by atoms with Crippen molar-refractivity contribution in [3.05, 3.63) is 17.9 Å². The van der Waals surface area contributed by atoms with Crippen LogP contribution in [0, 0.1) is 0 Å². The molecular formula is C6H6N2S2. The number of fused-ring (bicyclic) bond motifs is 1. The van der Waals surface area contributed by atoms with Gasteiger partial charge in [0.25, 0.3) is 0 Å². The molecule has 0 atom stereocenters. The molecule has 0 spiro atoms. The largest absolute Gasteiger partial charge is 0.284 e. The fraction of sp³-hybridized carbons (Fsp3) is 0.167. The second-order valence-electron chi connectivity index (χ2n) is 1.88. The highest BCUT2D eigenvalue weighted by Gasteiger charge is 1.99. The second kappa shape index (κ2) is 2.29. The molecule has 0 aliphatic heterocycles. The van der Waals surface area contributed by atoms with E-state index in [-0.39, 0.29) is 0 Å². The van der Waals surface area contributed by atoms with Crippen molar-refractivity contribution in [1.29, 1.82) is 0 Å². The number of thioether (sulfide) groups is 1. The van der Waals surface area contributed by atoms with Crippen molar-refractivity contribution in [1.82, 2.24) is 9.38 Å². The van der Waals surface area contributed by atoms with Gasteiger partial charge in [-0.3, -0.25) is 4.40 Å². The molecule has 4 heteroatoms. The predicted octanol–water partition coefficient (Wildman–Crippen LogP) is 2.12. The molecule has 2 aromatic rings. The third-order valence-electron chi connectivity index (χ3n) is 1.33. The van der Waals surface area contributed by atoms with Crippen LogP contribution in [0.4, 0.5) is 0 Å². The maximum Gasteiger partial charge on any atom is 0.120 e. The van der Waals surface area contributed by atoms with Gasteiger partial charge in [-0.2, -0.15) is 0 Å². The highest BCUT2D eigenvalue weighted by molar-refractivity contribution is 7.98. The molecule has 0 radical (unpaired) electrons. The minimum Gasteiger partial charge on any atom is -0.284 e. The molecule has 0 saturated heterocycles. The molecule has 2 rings (SSSR count). The van der Waals surface area contributed by atoms with Gasteiger partial charge in [0.2, 0.25) is 0 Å². The molecular weight excluding hydrogens is 164 g/mol. The average Bonchev–Trinajstić information content (AvgIpc) is 2.44. The molecule has 2 heterocycles. The second-order valence-corrected chi connectivity index (χ2v) is 3.60. The Morgan fingerprint density at radius 2 is 2.60 bits per heavy atom. The summed E-state index contributed by atoms with van der Waals surface area (Å²) in [5, 5.41) is 3.40. The number of imidazole rings is 1. The standard InChI is InChI=1S/C6H6N2S2/c1-9-6-3-10-5-2-7-4-8(5)6/h2-4H,1H3. The maximum absolute atomic E-state index is 4.03. The summed E-state index contributed by atoms with van der Waals surface area (Å²) in [5.74, 6) is 0. The Morgan fingerprint density at radius 1 is 1.70 bits per heavy atom. The van der Waals surface area contributed by atoms with Gasteiger partial charge in [-0.1, -0.05) is 0 Å². The van der Waals surface area contributed by atoms with Crippen LogP contribution in [-0.4, -0.2) is 15.6 Å². The molecule has 0 bridgehead atoms. The monoisotopic (exact) mass is 170 g/mol. The summed E-state index contributed by atoms with van der Waals surface area (Å²) < 4.78 is 2.09. The van der Waals surface area contributed by atoms with Crippen molar-refractivity contribution >= 4 is 27.9 Å². The normalized spacial score (nSPS) is 10.9. The van der Waals surface area contributed by atoms with E-state index in [1.165, 1.54) is 9.86 Å². The van der Waals surface area contributed by atoms with E-state index in [1.807, 2.05) is 12.5 Å². The van der Waals surface area contributed by atoms with Gasteiger partial charge in [0.1, 0.15) is 11.2 Å². The maximum atomic E-state index is 4.03. The Kier molecular flexibility index (Phi) is 1.43. The van der Waals surface area contributed by atoms with E-state index in [0.29, 0.717) is 0 Å². The van der Waals surface area contributed by atoms with E-state index >= 15 is 0 Å². The third kappa shape index (κ3) is 0.759. The molecule has 2 aromatic heterocycles. The van der Waals surface area contributed by atoms with Crippen molar-refractivity contribution in [2.75, 3.05) is 6.26 Å². The van der Waals surface area contributed by atoms with Gasteiger partial charge in [-0.05, 0) is 6.26 Å². The number of nitrogens with zero attached hydrogens (tertiary/aromatic N) is 2. The van der Waals surface area contributed by atoms with Crippen LogP contribution in [0.1, 0.15) is 0 Å². The highest BCUT2D eigenvalue weighted by atomic mass is 32.2. The Hall–Kier alpha value is -0.480. The van der Waals surface area contributed by atoms with Crippen molar-refractivity contribution < 1.29 is 0 Å². The van der Waals surface area contributed by atoms with Gasteiger partial charge in [0, 0.05) is 5.38 Å². The number of aromatic nitrogens is 2.